The van der Waals surface area contributed by atoms with Crippen LogP contribution in [0, 0.1) is 19.0 Å². The number of alkyl halides is 3. The van der Waals surface area contributed by atoms with Gasteiger partial charge in [0.15, 0.2) is 0 Å². The van der Waals surface area contributed by atoms with Gasteiger partial charge in [0, 0.05) is 26.3 Å². The summed E-state index contributed by atoms with van der Waals surface area (Å²) in [6, 6.07) is 53.3. The van der Waals surface area contributed by atoms with Crippen molar-refractivity contribution in [1.29, 1.82) is 0 Å². The third kappa shape index (κ3) is 9.34. The second-order valence-corrected chi connectivity index (χ2v) is 28.1. The van der Waals surface area contributed by atoms with E-state index in [4.69, 9.17) is 9.10 Å². The zero-order valence-electron chi connectivity index (χ0n) is 38.4. The van der Waals surface area contributed by atoms with Crippen molar-refractivity contribution >= 4 is 50.0 Å². The van der Waals surface area contributed by atoms with Gasteiger partial charge in [-0.1, -0.05) is 63.2 Å². The van der Waals surface area contributed by atoms with Gasteiger partial charge in [-0.15, -0.1) is 29.8 Å². The van der Waals surface area contributed by atoms with Gasteiger partial charge < -0.3 is 4.98 Å². The third-order valence-electron chi connectivity index (χ3n) is 11.1. The fourth-order valence-electron chi connectivity index (χ4n) is 7.82. The summed E-state index contributed by atoms with van der Waals surface area (Å²) in [4.78, 5) is 8.81. The molecule has 0 saturated carbocycles. The molecule has 0 spiro atoms. The summed E-state index contributed by atoms with van der Waals surface area (Å²) >= 11 is -2.12. The van der Waals surface area contributed by atoms with E-state index in [1.165, 1.54) is 32.0 Å². The molecule has 0 amide bonds. The molecule has 2 heterocycles. The van der Waals surface area contributed by atoms with Crippen molar-refractivity contribution in [2.45, 2.75) is 56.5 Å². The minimum Gasteiger partial charge on any atom is -0.0561 e. The summed E-state index contributed by atoms with van der Waals surface area (Å²) in [6.07, 6.45) is -1.18. The first kappa shape index (κ1) is 40.7. The molecule has 2 aromatic heterocycles. The summed E-state index contributed by atoms with van der Waals surface area (Å²) < 4.78 is 63.8. The fraction of sp³-hybridized carbons (Fsp3) is 0.164. The summed E-state index contributed by atoms with van der Waals surface area (Å²) in [6.45, 7) is 4.21. The van der Waals surface area contributed by atoms with Gasteiger partial charge in [0.1, 0.15) is 0 Å². The molecule has 9 rings (SSSR count). The van der Waals surface area contributed by atoms with Gasteiger partial charge in [0.25, 0.3) is 0 Å². The zero-order chi connectivity index (χ0) is 45.6. The molecule has 0 aliphatic heterocycles. The van der Waals surface area contributed by atoms with Crippen LogP contribution in [0.25, 0.3) is 77.1 Å². The first-order chi connectivity index (χ1) is 30.3. The minimum atomic E-state index is -4.32. The normalized spacial score (nSPS) is 12.8. The number of fused-ring (bicyclic) bond motifs is 6. The number of hydrogen-bond donors (Lipinski definition) is 0. The molecule has 9 aromatic rings. The average molecular weight is 1060 g/mol. The van der Waals surface area contributed by atoms with Crippen molar-refractivity contribution in [2.75, 3.05) is 0 Å². The van der Waals surface area contributed by atoms with Crippen LogP contribution in [-0.4, -0.2) is 23.2 Å². The molecule has 7 heteroatoms. The number of nitrogens with zero attached hydrogens (tertiary/aromatic N) is 2. The maximum absolute atomic E-state index is 12.3. The number of pyridine rings is 2. The molecule has 0 fully saturated rings. The second-order valence-electron chi connectivity index (χ2n) is 17.4. The predicted molar refractivity (Wildman–Crippen MR) is 252 cm³/mol. The zero-order valence-corrected chi connectivity index (χ0v) is 39.9. The van der Waals surface area contributed by atoms with Crippen molar-refractivity contribution in [3.05, 3.63) is 187 Å². The Labute approximate surface area is 383 Å². The molecule has 1 radical (unpaired) electrons. The van der Waals surface area contributed by atoms with Crippen LogP contribution in [0.2, 0.25) is 17.3 Å². The van der Waals surface area contributed by atoms with Crippen LogP contribution in [0.4, 0.5) is 13.2 Å². The van der Waals surface area contributed by atoms with Gasteiger partial charge in [-0.05, 0) is 28.5 Å². The van der Waals surface area contributed by atoms with Crippen LogP contribution in [-0.2, 0) is 31.7 Å². The summed E-state index contributed by atoms with van der Waals surface area (Å²) in [7, 11) is 0. The molecular weight excluding hydrogens is 1010 g/mol. The predicted octanol–water partition coefficient (Wildman–Crippen LogP) is 15.1. The molecular formula is C55H47F3GeIrN2-2. The number of halogens is 3. The van der Waals surface area contributed by atoms with Crippen molar-refractivity contribution in [2.24, 2.45) is 0 Å². The van der Waals surface area contributed by atoms with E-state index in [-0.39, 0.29) is 31.1 Å². The van der Waals surface area contributed by atoms with Crippen LogP contribution >= 0.6 is 0 Å². The Hall–Kier alpha value is -5.40. The number of rotatable bonds is 5. The van der Waals surface area contributed by atoms with Gasteiger partial charge in [-0.25, -0.2) is 0 Å². The molecule has 0 aliphatic carbocycles. The van der Waals surface area contributed by atoms with Crippen LogP contribution in [0.5, 0.6) is 0 Å². The Morgan fingerprint density at radius 3 is 1.89 bits per heavy atom. The summed E-state index contributed by atoms with van der Waals surface area (Å²) in [5, 5.41) is 7.24. The quantitative estimate of drug-likeness (QED) is 0.0975. The second kappa shape index (κ2) is 17.8. The van der Waals surface area contributed by atoms with E-state index in [2.05, 4.69) is 140 Å². The van der Waals surface area contributed by atoms with Gasteiger partial charge in [-0.2, -0.15) is 13.2 Å². The van der Waals surface area contributed by atoms with E-state index >= 15 is 0 Å². The van der Waals surface area contributed by atoms with Crippen molar-refractivity contribution < 1.29 is 37.4 Å². The molecule has 0 aliphatic rings. The van der Waals surface area contributed by atoms with E-state index < -0.39 is 31.9 Å². The van der Waals surface area contributed by atoms with Crippen molar-refractivity contribution in [1.82, 2.24) is 9.97 Å². The average Bonchev–Trinajstić information content (AvgIpc) is 3.28. The molecule has 0 bridgehead atoms. The van der Waals surface area contributed by atoms with E-state index in [1.807, 2.05) is 24.3 Å². The summed E-state index contributed by atoms with van der Waals surface area (Å²) in [5.41, 5.74) is 6.95. The molecule has 7 aromatic carbocycles. The molecule has 62 heavy (non-hydrogen) atoms. The van der Waals surface area contributed by atoms with Crippen molar-refractivity contribution in [3.63, 3.8) is 0 Å². The SMILES string of the molecule is FC(F)(F)c1c[c-]c(-c2ccccn2)cc1.[2H]C([2H])([2H])c1cnc(-c2[c-]cc3c4ccccc4c4cc[c]([Ge]([CH3])([CH3])[CH3])cc4c3c2)cc1-c1ccc(-c2ccccc2)cc1C(C)(C)C.[Ir]. The molecule has 0 unspecified atom stereocenters. The molecule has 2 nitrogen and oxygen atoms in total. The van der Waals surface area contributed by atoms with Crippen LogP contribution in [0.3, 0.4) is 0 Å². The molecule has 313 valence electrons. The summed E-state index contributed by atoms with van der Waals surface area (Å²) in [5.74, 6) is 7.29. The molecule has 0 N–H and O–H groups in total. The maximum atomic E-state index is 12.3. The fourth-order valence-corrected chi connectivity index (χ4v) is 10.3. The minimum absolute atomic E-state index is 0. The van der Waals surface area contributed by atoms with Crippen LogP contribution in [0.1, 0.15) is 41.6 Å². The Balaban J connectivity index is 0.000000313. The third-order valence-corrected chi connectivity index (χ3v) is 15.4. The topological polar surface area (TPSA) is 25.8 Å². The van der Waals surface area contributed by atoms with E-state index in [9.17, 15) is 13.2 Å². The number of benzene rings is 7. The first-order valence-electron chi connectivity index (χ1n) is 21.8. The first-order valence-corrected chi connectivity index (χ1v) is 27.6. The van der Waals surface area contributed by atoms with Gasteiger partial charge in [-0.3, -0.25) is 0 Å². The van der Waals surface area contributed by atoms with Gasteiger partial charge in [0.05, 0.1) is 0 Å². The van der Waals surface area contributed by atoms with Gasteiger partial charge in [0.2, 0.25) is 0 Å². The van der Waals surface area contributed by atoms with E-state index in [0.29, 0.717) is 22.5 Å². The monoisotopic (exact) mass is 1060 g/mol. The van der Waals surface area contributed by atoms with Crippen LogP contribution in [0.15, 0.2) is 158 Å². The van der Waals surface area contributed by atoms with E-state index in [1.54, 1.807) is 30.6 Å². The standard InChI is InChI=1S/C43H40GeN.C12H7F3N.Ir/c1-28-27-45-42(26-38(28)37-21-17-30(24-41(37)43(2,3)4)29-13-9-8-10-14-29)31-18-20-35-33-15-11-12-16-34(33)36-22-19-32(44(5,6)7)25-40(36)39(35)23-31;13-12(14,15)10-6-4-9(5-7-10)11-3-1-2-8-16-11;/h8-17,19-27H,1-7H3;1-4,6-8H;/q2*-1;/i1D3;;. The number of aromatic nitrogens is 2. The molecule has 0 atom stereocenters. The Morgan fingerprint density at radius 2 is 1.24 bits per heavy atom. The van der Waals surface area contributed by atoms with Crippen molar-refractivity contribution in [3.8, 4) is 44.8 Å². The smallest absolute Gasteiger partial charge is 0.0561 e. The van der Waals surface area contributed by atoms with Gasteiger partial charge >= 0.3 is 219 Å². The van der Waals surface area contributed by atoms with E-state index in [0.717, 1.165) is 50.7 Å². The number of aryl methyl sites for hydroxylation is 1. The Morgan fingerprint density at radius 1 is 0.565 bits per heavy atom. The number of hydrogen-bond acceptors (Lipinski definition) is 2. The Bertz CT molecular complexity index is 3140. The van der Waals surface area contributed by atoms with Crippen LogP contribution < -0.4 is 4.40 Å². The molecule has 0 saturated heterocycles. The Kier molecular flexibility index (Phi) is 11.7.